The first-order chi connectivity index (χ1) is 5.63. The SMILES string of the molecule is O=C(O)c1cc(Cl)cc(CBr)c1. The van der Waals surface area contributed by atoms with Crippen LogP contribution < -0.4 is 0 Å². The minimum atomic E-state index is -0.959. The van der Waals surface area contributed by atoms with Gasteiger partial charge >= 0.3 is 5.97 Å². The van der Waals surface area contributed by atoms with Crippen LogP contribution in [0.1, 0.15) is 15.9 Å². The third-order valence-corrected chi connectivity index (χ3v) is 2.22. The summed E-state index contributed by atoms with van der Waals surface area (Å²) >= 11 is 8.91. The molecule has 0 radical (unpaired) electrons. The van der Waals surface area contributed by atoms with Crippen LogP contribution in [0.15, 0.2) is 18.2 Å². The van der Waals surface area contributed by atoms with E-state index in [0.717, 1.165) is 5.56 Å². The number of alkyl halides is 1. The van der Waals surface area contributed by atoms with Crippen molar-refractivity contribution in [2.24, 2.45) is 0 Å². The lowest BCUT2D eigenvalue weighted by molar-refractivity contribution is 0.0697. The molecule has 0 amide bonds. The Morgan fingerprint density at radius 2 is 2.17 bits per heavy atom. The zero-order chi connectivity index (χ0) is 9.14. The van der Waals surface area contributed by atoms with Gasteiger partial charge in [-0.2, -0.15) is 0 Å². The fraction of sp³-hybridized carbons (Fsp3) is 0.125. The number of rotatable bonds is 2. The van der Waals surface area contributed by atoms with Gasteiger partial charge in [-0.3, -0.25) is 0 Å². The highest BCUT2D eigenvalue weighted by Crippen LogP contribution is 2.17. The Morgan fingerprint density at radius 1 is 1.50 bits per heavy atom. The second-order valence-electron chi connectivity index (χ2n) is 2.29. The van der Waals surface area contributed by atoms with Gasteiger partial charge in [-0.25, -0.2) is 4.79 Å². The smallest absolute Gasteiger partial charge is 0.335 e. The summed E-state index contributed by atoms with van der Waals surface area (Å²) < 4.78 is 0. The van der Waals surface area contributed by atoms with E-state index in [1.54, 1.807) is 12.1 Å². The second kappa shape index (κ2) is 3.92. The van der Waals surface area contributed by atoms with Crippen molar-refractivity contribution in [3.05, 3.63) is 34.3 Å². The molecular formula is C8H6BrClO2. The zero-order valence-electron chi connectivity index (χ0n) is 6.05. The van der Waals surface area contributed by atoms with Crippen LogP contribution in [0.3, 0.4) is 0 Å². The Morgan fingerprint density at radius 3 is 2.67 bits per heavy atom. The molecule has 0 aliphatic carbocycles. The van der Waals surface area contributed by atoms with Crippen LogP contribution in [0.4, 0.5) is 0 Å². The highest BCUT2D eigenvalue weighted by Gasteiger charge is 2.04. The van der Waals surface area contributed by atoms with Crippen molar-refractivity contribution in [2.45, 2.75) is 5.33 Å². The summed E-state index contributed by atoms with van der Waals surface area (Å²) in [4.78, 5) is 10.5. The van der Waals surface area contributed by atoms with E-state index in [-0.39, 0.29) is 5.56 Å². The molecule has 64 valence electrons. The number of hydrogen-bond acceptors (Lipinski definition) is 1. The number of halogens is 2. The van der Waals surface area contributed by atoms with Crippen molar-refractivity contribution < 1.29 is 9.90 Å². The van der Waals surface area contributed by atoms with Gasteiger partial charge in [0.05, 0.1) is 5.56 Å². The average molecular weight is 249 g/mol. The summed E-state index contributed by atoms with van der Waals surface area (Å²) in [6.07, 6.45) is 0. The summed E-state index contributed by atoms with van der Waals surface area (Å²) in [5, 5.41) is 9.71. The summed E-state index contributed by atoms with van der Waals surface area (Å²) in [5.41, 5.74) is 1.08. The van der Waals surface area contributed by atoms with Crippen molar-refractivity contribution in [3.63, 3.8) is 0 Å². The van der Waals surface area contributed by atoms with Crippen LogP contribution in [0.2, 0.25) is 5.02 Å². The van der Waals surface area contributed by atoms with Gasteiger partial charge in [-0.05, 0) is 23.8 Å². The van der Waals surface area contributed by atoms with E-state index < -0.39 is 5.97 Å². The molecule has 0 aliphatic rings. The van der Waals surface area contributed by atoms with E-state index in [1.807, 2.05) is 0 Å². The van der Waals surface area contributed by atoms with Crippen LogP contribution in [0.25, 0.3) is 0 Å². The number of hydrogen-bond donors (Lipinski definition) is 1. The van der Waals surface area contributed by atoms with Crippen LogP contribution in [0, 0.1) is 0 Å². The van der Waals surface area contributed by atoms with E-state index in [4.69, 9.17) is 16.7 Å². The van der Waals surface area contributed by atoms with Gasteiger partial charge in [0.15, 0.2) is 0 Å². The first-order valence-electron chi connectivity index (χ1n) is 3.22. The number of carboxylic acid groups (broad SMARTS) is 1. The second-order valence-corrected chi connectivity index (χ2v) is 3.28. The van der Waals surface area contributed by atoms with Gasteiger partial charge in [0.25, 0.3) is 0 Å². The van der Waals surface area contributed by atoms with E-state index in [2.05, 4.69) is 15.9 Å². The molecule has 1 rings (SSSR count). The monoisotopic (exact) mass is 248 g/mol. The Kier molecular flexibility index (Phi) is 3.12. The molecule has 0 spiro atoms. The molecule has 0 fully saturated rings. The Labute approximate surface area is 83.3 Å². The Hall–Kier alpha value is -0.540. The molecule has 0 unspecified atom stereocenters. The van der Waals surface area contributed by atoms with Crippen molar-refractivity contribution in [3.8, 4) is 0 Å². The van der Waals surface area contributed by atoms with Gasteiger partial charge in [-0.1, -0.05) is 27.5 Å². The lowest BCUT2D eigenvalue weighted by Gasteiger charge is -1.99. The lowest BCUT2D eigenvalue weighted by atomic mass is 10.1. The maximum atomic E-state index is 10.5. The predicted molar refractivity (Wildman–Crippen MR) is 51.0 cm³/mol. The zero-order valence-corrected chi connectivity index (χ0v) is 8.39. The van der Waals surface area contributed by atoms with Crippen molar-refractivity contribution in [1.82, 2.24) is 0 Å². The van der Waals surface area contributed by atoms with E-state index in [1.165, 1.54) is 6.07 Å². The number of carbonyl (C=O) groups is 1. The number of benzene rings is 1. The molecule has 0 aliphatic heterocycles. The maximum Gasteiger partial charge on any atom is 0.335 e. The minimum Gasteiger partial charge on any atom is -0.478 e. The molecule has 1 aromatic rings. The normalized spacial score (nSPS) is 9.83. The van der Waals surface area contributed by atoms with E-state index in [9.17, 15) is 4.79 Å². The molecule has 0 bridgehead atoms. The van der Waals surface area contributed by atoms with Gasteiger partial charge in [-0.15, -0.1) is 0 Å². The molecule has 1 aromatic carbocycles. The Bertz CT molecular complexity index is 312. The van der Waals surface area contributed by atoms with Crippen molar-refractivity contribution in [2.75, 3.05) is 0 Å². The molecule has 0 atom stereocenters. The van der Waals surface area contributed by atoms with E-state index in [0.29, 0.717) is 10.4 Å². The van der Waals surface area contributed by atoms with Crippen LogP contribution in [-0.2, 0) is 5.33 Å². The fourth-order valence-corrected chi connectivity index (χ4v) is 1.43. The highest BCUT2D eigenvalue weighted by atomic mass is 79.9. The first kappa shape index (κ1) is 9.55. The molecule has 4 heteroatoms. The van der Waals surface area contributed by atoms with Crippen molar-refractivity contribution in [1.29, 1.82) is 0 Å². The molecule has 1 N–H and O–H groups in total. The molecule has 12 heavy (non-hydrogen) atoms. The summed E-state index contributed by atoms with van der Waals surface area (Å²) in [7, 11) is 0. The van der Waals surface area contributed by atoms with Gasteiger partial charge in [0.1, 0.15) is 0 Å². The standard InChI is InChI=1S/C8H6BrClO2/c9-4-5-1-6(8(11)12)3-7(10)2-5/h1-3H,4H2,(H,11,12). The van der Waals surface area contributed by atoms with E-state index >= 15 is 0 Å². The Balaban J connectivity index is 3.15. The molecule has 0 aromatic heterocycles. The molecule has 0 heterocycles. The molecule has 0 saturated heterocycles. The third kappa shape index (κ3) is 2.22. The average Bonchev–Trinajstić information content (AvgIpc) is 2.03. The predicted octanol–water partition coefficient (Wildman–Crippen LogP) is 2.93. The van der Waals surface area contributed by atoms with Crippen molar-refractivity contribution >= 4 is 33.5 Å². The van der Waals surface area contributed by atoms with Gasteiger partial charge in [0.2, 0.25) is 0 Å². The van der Waals surface area contributed by atoms with Crippen LogP contribution >= 0.6 is 27.5 Å². The van der Waals surface area contributed by atoms with Gasteiger partial charge in [0, 0.05) is 10.4 Å². The van der Waals surface area contributed by atoms with Crippen LogP contribution in [0.5, 0.6) is 0 Å². The first-order valence-corrected chi connectivity index (χ1v) is 4.72. The van der Waals surface area contributed by atoms with Gasteiger partial charge < -0.3 is 5.11 Å². The largest absolute Gasteiger partial charge is 0.478 e. The highest BCUT2D eigenvalue weighted by molar-refractivity contribution is 9.08. The summed E-state index contributed by atoms with van der Waals surface area (Å²) in [6.45, 7) is 0. The molecular weight excluding hydrogens is 243 g/mol. The van der Waals surface area contributed by atoms with Crippen LogP contribution in [-0.4, -0.2) is 11.1 Å². The summed E-state index contributed by atoms with van der Waals surface area (Å²) in [6, 6.07) is 4.74. The molecule has 0 saturated carbocycles. The molecule has 2 nitrogen and oxygen atoms in total. The maximum absolute atomic E-state index is 10.5. The minimum absolute atomic E-state index is 0.219. The summed E-state index contributed by atoms with van der Waals surface area (Å²) in [5.74, 6) is -0.959. The number of aromatic carboxylic acids is 1. The topological polar surface area (TPSA) is 37.3 Å². The fourth-order valence-electron chi connectivity index (χ4n) is 0.851. The number of carboxylic acids is 1. The third-order valence-electron chi connectivity index (χ3n) is 1.36. The quantitative estimate of drug-likeness (QED) is 0.818. The lowest BCUT2D eigenvalue weighted by Crippen LogP contribution is -1.96.